The molecule has 0 aromatic heterocycles. The molecule has 0 radical (unpaired) electrons. The predicted molar refractivity (Wildman–Crippen MR) is 86.9 cm³/mol. The van der Waals surface area contributed by atoms with E-state index in [9.17, 15) is 9.59 Å². The molecule has 0 spiro atoms. The van der Waals surface area contributed by atoms with Crippen molar-refractivity contribution in [3.63, 3.8) is 0 Å². The number of esters is 2. The molecule has 0 aliphatic heterocycles. The predicted octanol–water partition coefficient (Wildman–Crippen LogP) is 2.56. The van der Waals surface area contributed by atoms with Crippen molar-refractivity contribution in [2.24, 2.45) is 0 Å². The second kappa shape index (κ2) is 9.63. The average Bonchev–Trinajstić information content (AvgIpc) is 2.50. The highest BCUT2D eigenvalue weighted by atomic mass is 16.6. The van der Waals surface area contributed by atoms with Gasteiger partial charge in [0.15, 0.2) is 5.57 Å². The molecule has 0 saturated carbocycles. The zero-order chi connectivity index (χ0) is 17.2. The van der Waals surface area contributed by atoms with E-state index in [4.69, 9.17) is 14.2 Å². The van der Waals surface area contributed by atoms with E-state index in [1.807, 2.05) is 25.1 Å². The Balaban J connectivity index is 3.04. The normalized spacial score (nSPS) is 9.91. The Morgan fingerprint density at radius 1 is 1.13 bits per heavy atom. The summed E-state index contributed by atoms with van der Waals surface area (Å²) in [5, 5.41) is 2.96. The minimum atomic E-state index is -0.723. The fourth-order valence-electron chi connectivity index (χ4n) is 1.91. The summed E-state index contributed by atoms with van der Waals surface area (Å²) in [6.45, 7) is 6.08. The minimum Gasteiger partial charge on any atom is -0.462 e. The van der Waals surface area contributed by atoms with E-state index < -0.39 is 11.9 Å². The second-order valence-corrected chi connectivity index (χ2v) is 4.74. The molecule has 0 fully saturated rings. The summed E-state index contributed by atoms with van der Waals surface area (Å²) in [5.74, 6) is -1.45. The molecule has 0 saturated heterocycles. The summed E-state index contributed by atoms with van der Waals surface area (Å²) in [6, 6.07) is 5.74. The van der Waals surface area contributed by atoms with Gasteiger partial charge in [0.2, 0.25) is 0 Å². The number of methoxy groups -OCH3 is 1. The lowest BCUT2D eigenvalue weighted by molar-refractivity contribution is -0.146. The zero-order valence-corrected chi connectivity index (χ0v) is 14.0. The van der Waals surface area contributed by atoms with Crippen molar-refractivity contribution in [2.75, 3.05) is 25.6 Å². The highest BCUT2D eigenvalue weighted by molar-refractivity contribution is 6.14. The van der Waals surface area contributed by atoms with Crippen LogP contribution in [0.25, 0.3) is 0 Å². The number of nitrogens with one attached hydrogen (secondary N) is 1. The van der Waals surface area contributed by atoms with E-state index in [1.54, 1.807) is 21.0 Å². The van der Waals surface area contributed by atoms with E-state index >= 15 is 0 Å². The highest BCUT2D eigenvalue weighted by Gasteiger charge is 2.21. The van der Waals surface area contributed by atoms with Gasteiger partial charge in [0.05, 0.1) is 19.8 Å². The van der Waals surface area contributed by atoms with Crippen LogP contribution in [0.3, 0.4) is 0 Å². The van der Waals surface area contributed by atoms with Crippen molar-refractivity contribution in [2.45, 2.75) is 27.4 Å². The number of carbonyl (C=O) groups is 2. The van der Waals surface area contributed by atoms with Crippen molar-refractivity contribution in [1.82, 2.24) is 0 Å². The molecule has 0 atom stereocenters. The number of carbonyl (C=O) groups excluding carboxylic acids is 2. The molecule has 0 bridgehead atoms. The first-order valence-corrected chi connectivity index (χ1v) is 7.42. The van der Waals surface area contributed by atoms with E-state index in [0.29, 0.717) is 6.61 Å². The lowest BCUT2D eigenvalue weighted by Gasteiger charge is -2.11. The van der Waals surface area contributed by atoms with E-state index in [1.165, 1.54) is 6.20 Å². The SMILES string of the molecule is CCOC(=O)C(=CNc1ccc(C)cc1COC)C(=O)OCC. The van der Waals surface area contributed by atoms with Gasteiger partial charge in [-0.05, 0) is 26.8 Å². The second-order valence-electron chi connectivity index (χ2n) is 4.74. The minimum absolute atomic E-state index is 0.176. The van der Waals surface area contributed by atoms with Gasteiger partial charge in [0.25, 0.3) is 0 Å². The third kappa shape index (κ3) is 5.75. The summed E-state index contributed by atoms with van der Waals surface area (Å²) >= 11 is 0. The standard InChI is InChI=1S/C17H23NO5/c1-5-22-16(19)14(17(20)23-6-2)10-18-15-8-7-12(3)9-13(15)11-21-4/h7-10,18H,5-6,11H2,1-4H3. The largest absolute Gasteiger partial charge is 0.462 e. The molecule has 0 aliphatic carbocycles. The van der Waals surface area contributed by atoms with Crippen LogP contribution in [0, 0.1) is 6.92 Å². The monoisotopic (exact) mass is 321 g/mol. The van der Waals surface area contributed by atoms with Gasteiger partial charge in [0.1, 0.15) is 0 Å². The van der Waals surface area contributed by atoms with Crippen LogP contribution < -0.4 is 5.32 Å². The van der Waals surface area contributed by atoms with Gasteiger partial charge in [0, 0.05) is 24.6 Å². The Labute approximate surface area is 136 Å². The van der Waals surface area contributed by atoms with Gasteiger partial charge < -0.3 is 19.5 Å². The third-order valence-electron chi connectivity index (χ3n) is 2.92. The number of hydrogen-bond acceptors (Lipinski definition) is 6. The number of hydrogen-bond donors (Lipinski definition) is 1. The molecule has 1 aromatic carbocycles. The molecule has 126 valence electrons. The first kappa shape index (κ1) is 18.7. The molecular formula is C17H23NO5. The maximum absolute atomic E-state index is 11.9. The van der Waals surface area contributed by atoms with Crippen LogP contribution in [0.4, 0.5) is 5.69 Å². The Morgan fingerprint density at radius 3 is 2.26 bits per heavy atom. The van der Waals surface area contributed by atoms with Crippen LogP contribution >= 0.6 is 0 Å². The molecule has 6 heteroatoms. The molecule has 0 heterocycles. The van der Waals surface area contributed by atoms with Crippen molar-refractivity contribution >= 4 is 17.6 Å². The molecule has 0 amide bonds. The quantitative estimate of drug-likeness (QED) is 0.343. The first-order valence-electron chi connectivity index (χ1n) is 7.42. The Bertz CT molecular complexity index is 560. The number of aryl methyl sites for hydroxylation is 1. The first-order chi connectivity index (χ1) is 11.0. The summed E-state index contributed by atoms with van der Waals surface area (Å²) in [4.78, 5) is 23.8. The smallest absolute Gasteiger partial charge is 0.347 e. The fourth-order valence-corrected chi connectivity index (χ4v) is 1.91. The highest BCUT2D eigenvalue weighted by Crippen LogP contribution is 2.19. The lowest BCUT2D eigenvalue weighted by atomic mass is 10.1. The fraction of sp³-hybridized carbons (Fsp3) is 0.412. The van der Waals surface area contributed by atoms with Crippen LogP contribution in [0.15, 0.2) is 30.0 Å². The summed E-state index contributed by atoms with van der Waals surface area (Å²) in [7, 11) is 1.60. The van der Waals surface area contributed by atoms with Crippen LogP contribution in [0.1, 0.15) is 25.0 Å². The topological polar surface area (TPSA) is 73.9 Å². The van der Waals surface area contributed by atoms with E-state index in [2.05, 4.69) is 5.32 Å². The van der Waals surface area contributed by atoms with Gasteiger partial charge >= 0.3 is 11.9 Å². The average molecular weight is 321 g/mol. The molecule has 1 N–H and O–H groups in total. The van der Waals surface area contributed by atoms with Gasteiger partial charge in [-0.15, -0.1) is 0 Å². The molecule has 0 aliphatic rings. The number of benzene rings is 1. The molecule has 1 aromatic rings. The van der Waals surface area contributed by atoms with Gasteiger partial charge in [-0.3, -0.25) is 0 Å². The molecule has 0 unspecified atom stereocenters. The maximum atomic E-state index is 11.9. The summed E-state index contributed by atoms with van der Waals surface area (Å²) in [6.07, 6.45) is 1.31. The lowest BCUT2D eigenvalue weighted by Crippen LogP contribution is -2.19. The molecule has 1 rings (SSSR count). The Hall–Kier alpha value is -2.34. The van der Waals surface area contributed by atoms with E-state index in [0.717, 1.165) is 16.8 Å². The Kier molecular flexibility index (Phi) is 7.83. The number of ether oxygens (including phenoxy) is 3. The van der Waals surface area contributed by atoms with Gasteiger partial charge in [-0.1, -0.05) is 17.7 Å². The Morgan fingerprint density at radius 2 is 1.74 bits per heavy atom. The molecule has 23 heavy (non-hydrogen) atoms. The van der Waals surface area contributed by atoms with Gasteiger partial charge in [-0.2, -0.15) is 0 Å². The van der Waals surface area contributed by atoms with Crippen LogP contribution in [-0.2, 0) is 30.4 Å². The van der Waals surface area contributed by atoms with Crippen LogP contribution in [0.2, 0.25) is 0 Å². The number of rotatable bonds is 8. The zero-order valence-electron chi connectivity index (χ0n) is 14.0. The van der Waals surface area contributed by atoms with Crippen LogP contribution in [0.5, 0.6) is 0 Å². The van der Waals surface area contributed by atoms with Crippen molar-refractivity contribution in [3.05, 3.63) is 41.1 Å². The summed E-state index contributed by atoms with van der Waals surface area (Å²) < 4.78 is 14.9. The molecular weight excluding hydrogens is 298 g/mol. The van der Waals surface area contributed by atoms with Crippen molar-refractivity contribution in [3.8, 4) is 0 Å². The summed E-state index contributed by atoms with van der Waals surface area (Å²) in [5.41, 5.74) is 2.56. The number of anilines is 1. The third-order valence-corrected chi connectivity index (χ3v) is 2.92. The van der Waals surface area contributed by atoms with E-state index in [-0.39, 0.29) is 18.8 Å². The van der Waals surface area contributed by atoms with Crippen molar-refractivity contribution in [1.29, 1.82) is 0 Å². The maximum Gasteiger partial charge on any atom is 0.347 e. The molecule has 6 nitrogen and oxygen atoms in total. The van der Waals surface area contributed by atoms with Crippen molar-refractivity contribution < 1.29 is 23.8 Å². The van der Waals surface area contributed by atoms with Crippen LogP contribution in [-0.4, -0.2) is 32.3 Å². The van der Waals surface area contributed by atoms with Gasteiger partial charge in [-0.25, -0.2) is 9.59 Å².